The highest BCUT2D eigenvalue weighted by Crippen LogP contribution is 2.27. The number of hydrogen-bond donors (Lipinski definition) is 2. The molecule has 6 heteroatoms. The summed E-state index contributed by atoms with van der Waals surface area (Å²) in [5.41, 5.74) is 5.14. The van der Waals surface area contributed by atoms with Crippen molar-refractivity contribution < 1.29 is 9.59 Å². The Morgan fingerprint density at radius 3 is 2.31 bits per heavy atom. The second-order valence-electron chi connectivity index (χ2n) is 9.16. The highest BCUT2D eigenvalue weighted by molar-refractivity contribution is 7.08. The molecule has 3 aromatic rings. The summed E-state index contributed by atoms with van der Waals surface area (Å²) in [6.07, 6.45) is 0. The Kier molecular flexibility index (Phi) is 7.48. The molecule has 0 fully saturated rings. The Bertz CT molecular complexity index is 1070. The minimum absolute atomic E-state index is 0.00981. The van der Waals surface area contributed by atoms with Gasteiger partial charge in [0.05, 0.1) is 5.56 Å². The molecule has 0 unspecified atom stereocenters. The van der Waals surface area contributed by atoms with E-state index in [1.165, 1.54) is 11.3 Å². The van der Waals surface area contributed by atoms with Crippen LogP contribution in [0.25, 0.3) is 11.1 Å². The van der Waals surface area contributed by atoms with Gasteiger partial charge in [0.15, 0.2) is 0 Å². The van der Waals surface area contributed by atoms with Gasteiger partial charge in [0, 0.05) is 29.7 Å². The first-order valence-electron chi connectivity index (χ1n) is 10.6. The van der Waals surface area contributed by atoms with E-state index >= 15 is 0 Å². The van der Waals surface area contributed by atoms with E-state index in [0.29, 0.717) is 17.7 Å². The molecule has 0 saturated carbocycles. The first-order valence-corrected chi connectivity index (χ1v) is 11.6. The molecule has 32 heavy (non-hydrogen) atoms. The SMILES string of the molecule is Cc1ccc(NC(=O)c2ccsc2)cc1-c1ccc(C(=O)NCC(C)(C)CN(C)C)cc1. The van der Waals surface area contributed by atoms with Crippen molar-refractivity contribution in [2.75, 3.05) is 32.5 Å². The van der Waals surface area contributed by atoms with Crippen molar-refractivity contribution in [2.45, 2.75) is 20.8 Å². The van der Waals surface area contributed by atoms with E-state index in [-0.39, 0.29) is 17.2 Å². The fourth-order valence-corrected chi connectivity index (χ4v) is 4.38. The molecule has 0 saturated heterocycles. The zero-order chi connectivity index (χ0) is 23.3. The van der Waals surface area contributed by atoms with Crippen LogP contribution in [0.3, 0.4) is 0 Å². The zero-order valence-corrected chi connectivity index (χ0v) is 20.2. The van der Waals surface area contributed by atoms with Crippen LogP contribution >= 0.6 is 11.3 Å². The third-order valence-corrected chi connectivity index (χ3v) is 5.89. The monoisotopic (exact) mass is 449 g/mol. The van der Waals surface area contributed by atoms with Crippen LogP contribution in [0, 0.1) is 12.3 Å². The number of carbonyl (C=O) groups is 2. The second-order valence-corrected chi connectivity index (χ2v) is 9.94. The van der Waals surface area contributed by atoms with Crippen molar-refractivity contribution in [3.63, 3.8) is 0 Å². The summed E-state index contributed by atoms with van der Waals surface area (Å²) in [7, 11) is 4.07. The minimum Gasteiger partial charge on any atom is -0.351 e. The van der Waals surface area contributed by atoms with Crippen LogP contribution in [0.5, 0.6) is 0 Å². The van der Waals surface area contributed by atoms with Gasteiger partial charge in [-0.15, -0.1) is 0 Å². The molecule has 0 spiro atoms. The van der Waals surface area contributed by atoms with Crippen LogP contribution in [-0.4, -0.2) is 43.9 Å². The number of hydrogen-bond acceptors (Lipinski definition) is 4. The van der Waals surface area contributed by atoms with E-state index in [9.17, 15) is 9.59 Å². The number of thiophene rings is 1. The van der Waals surface area contributed by atoms with E-state index in [2.05, 4.69) is 29.4 Å². The quantitative estimate of drug-likeness (QED) is 0.491. The third kappa shape index (κ3) is 6.28. The summed E-state index contributed by atoms with van der Waals surface area (Å²) in [4.78, 5) is 27.1. The fourth-order valence-electron chi connectivity index (χ4n) is 3.74. The van der Waals surface area contributed by atoms with Gasteiger partial charge in [-0.2, -0.15) is 11.3 Å². The Morgan fingerprint density at radius 2 is 1.69 bits per heavy atom. The molecule has 2 amide bonds. The van der Waals surface area contributed by atoms with Gasteiger partial charge in [-0.3, -0.25) is 9.59 Å². The number of nitrogens with zero attached hydrogens (tertiary/aromatic N) is 1. The number of benzene rings is 2. The minimum atomic E-state index is -0.120. The summed E-state index contributed by atoms with van der Waals surface area (Å²) in [5, 5.41) is 9.72. The summed E-state index contributed by atoms with van der Waals surface area (Å²) in [6.45, 7) is 7.82. The van der Waals surface area contributed by atoms with Gasteiger partial charge < -0.3 is 15.5 Å². The number of amides is 2. The topological polar surface area (TPSA) is 61.4 Å². The van der Waals surface area contributed by atoms with Gasteiger partial charge in [0.25, 0.3) is 11.8 Å². The number of aryl methyl sites for hydroxylation is 1. The maximum atomic E-state index is 12.6. The lowest BCUT2D eigenvalue weighted by atomic mass is 9.92. The Morgan fingerprint density at radius 1 is 0.969 bits per heavy atom. The van der Waals surface area contributed by atoms with Crippen LogP contribution in [0.4, 0.5) is 5.69 Å². The molecule has 0 aliphatic heterocycles. The summed E-state index contributed by atoms with van der Waals surface area (Å²) >= 11 is 1.50. The molecule has 1 heterocycles. The van der Waals surface area contributed by atoms with Gasteiger partial charge >= 0.3 is 0 Å². The molecule has 1 aromatic heterocycles. The van der Waals surface area contributed by atoms with Crippen molar-refractivity contribution in [3.05, 3.63) is 76.0 Å². The van der Waals surface area contributed by atoms with Crippen LogP contribution < -0.4 is 10.6 Å². The first-order chi connectivity index (χ1) is 15.1. The number of anilines is 1. The summed E-state index contributed by atoms with van der Waals surface area (Å²) < 4.78 is 0. The van der Waals surface area contributed by atoms with Crippen molar-refractivity contribution >= 4 is 28.8 Å². The first kappa shape index (κ1) is 23.7. The second kappa shape index (κ2) is 10.1. The Hall–Kier alpha value is -2.96. The molecule has 0 aliphatic rings. The van der Waals surface area contributed by atoms with Crippen LogP contribution in [0.1, 0.15) is 40.1 Å². The summed E-state index contributed by atoms with van der Waals surface area (Å²) in [6, 6.07) is 15.3. The lowest BCUT2D eigenvalue weighted by molar-refractivity contribution is 0.0928. The molecule has 168 valence electrons. The lowest BCUT2D eigenvalue weighted by Crippen LogP contribution is -2.39. The number of carbonyl (C=O) groups excluding carboxylic acids is 2. The largest absolute Gasteiger partial charge is 0.351 e. The van der Waals surface area contributed by atoms with Crippen molar-refractivity contribution in [2.24, 2.45) is 5.41 Å². The zero-order valence-electron chi connectivity index (χ0n) is 19.4. The van der Waals surface area contributed by atoms with Gasteiger partial charge in [0.1, 0.15) is 0 Å². The molecule has 0 bridgehead atoms. The highest BCUT2D eigenvalue weighted by Gasteiger charge is 2.20. The molecular formula is C26H31N3O2S. The van der Waals surface area contributed by atoms with E-state index in [0.717, 1.165) is 28.9 Å². The summed E-state index contributed by atoms with van der Waals surface area (Å²) in [5.74, 6) is -0.192. The van der Waals surface area contributed by atoms with Crippen molar-refractivity contribution in [1.29, 1.82) is 0 Å². The maximum absolute atomic E-state index is 12.6. The van der Waals surface area contributed by atoms with E-state index < -0.39 is 0 Å². The maximum Gasteiger partial charge on any atom is 0.256 e. The van der Waals surface area contributed by atoms with Crippen LogP contribution in [0.15, 0.2) is 59.3 Å². The standard InChI is InChI=1S/C26H31N3O2S/c1-18-6-11-22(28-25(31)21-12-13-32-15-21)14-23(18)19-7-9-20(10-8-19)24(30)27-16-26(2,3)17-29(4)5/h6-15H,16-17H2,1-5H3,(H,27,30)(H,28,31). The number of nitrogens with one attached hydrogen (secondary N) is 2. The molecule has 2 aromatic carbocycles. The lowest BCUT2D eigenvalue weighted by Gasteiger charge is -2.28. The molecular weight excluding hydrogens is 418 g/mol. The third-order valence-electron chi connectivity index (χ3n) is 5.21. The predicted molar refractivity (Wildman–Crippen MR) is 134 cm³/mol. The Labute approximate surface area is 194 Å². The Balaban J connectivity index is 1.70. The van der Waals surface area contributed by atoms with E-state index in [1.807, 2.05) is 74.2 Å². The van der Waals surface area contributed by atoms with Gasteiger partial charge in [-0.25, -0.2) is 0 Å². The highest BCUT2D eigenvalue weighted by atomic mass is 32.1. The fraction of sp³-hybridized carbons (Fsp3) is 0.308. The molecule has 3 rings (SSSR count). The van der Waals surface area contributed by atoms with E-state index in [1.54, 1.807) is 6.07 Å². The molecule has 5 nitrogen and oxygen atoms in total. The van der Waals surface area contributed by atoms with Gasteiger partial charge in [0.2, 0.25) is 0 Å². The number of rotatable bonds is 8. The average molecular weight is 450 g/mol. The average Bonchev–Trinajstić information content (AvgIpc) is 3.28. The smallest absolute Gasteiger partial charge is 0.256 e. The molecule has 0 atom stereocenters. The molecule has 0 aliphatic carbocycles. The van der Waals surface area contributed by atoms with Crippen molar-refractivity contribution in [1.82, 2.24) is 10.2 Å². The van der Waals surface area contributed by atoms with Crippen molar-refractivity contribution in [3.8, 4) is 11.1 Å². The van der Waals surface area contributed by atoms with Gasteiger partial charge in [-0.1, -0.05) is 32.0 Å². The molecule has 2 N–H and O–H groups in total. The predicted octanol–water partition coefficient (Wildman–Crippen LogP) is 5.29. The normalized spacial score (nSPS) is 11.4. The van der Waals surface area contributed by atoms with Crippen LogP contribution in [-0.2, 0) is 0 Å². The van der Waals surface area contributed by atoms with Crippen LogP contribution in [0.2, 0.25) is 0 Å². The van der Waals surface area contributed by atoms with Gasteiger partial charge in [-0.05, 0) is 78.8 Å². The van der Waals surface area contributed by atoms with E-state index in [4.69, 9.17) is 0 Å². The molecule has 0 radical (unpaired) electrons.